The Kier molecular flexibility index (Phi) is 8.20. The molecule has 0 aromatic heterocycles. The summed E-state index contributed by atoms with van der Waals surface area (Å²) in [5.74, 6) is 2.46. The van der Waals surface area contributed by atoms with Gasteiger partial charge < -0.3 is 34.3 Å². The first-order chi connectivity index (χ1) is 17.1. The summed E-state index contributed by atoms with van der Waals surface area (Å²) in [6, 6.07) is 7.59. The van der Waals surface area contributed by atoms with Crippen LogP contribution < -0.4 is 29.6 Å². The van der Waals surface area contributed by atoms with Crippen molar-refractivity contribution < 1.29 is 28.5 Å². The maximum absolute atomic E-state index is 12.8. The Labute approximate surface area is 206 Å². The van der Waals surface area contributed by atoms with E-state index >= 15 is 0 Å². The van der Waals surface area contributed by atoms with Gasteiger partial charge in [0.05, 0.1) is 34.5 Å². The van der Waals surface area contributed by atoms with E-state index in [1.807, 2.05) is 24.3 Å². The summed E-state index contributed by atoms with van der Waals surface area (Å²) >= 11 is 0. The molecule has 1 heterocycles. The van der Waals surface area contributed by atoms with E-state index in [1.54, 1.807) is 28.4 Å². The van der Waals surface area contributed by atoms with Gasteiger partial charge in [-0.2, -0.15) is 0 Å². The van der Waals surface area contributed by atoms with Gasteiger partial charge in [0, 0.05) is 38.3 Å². The summed E-state index contributed by atoms with van der Waals surface area (Å²) in [5, 5.41) is 6.41. The third-order valence-corrected chi connectivity index (χ3v) is 6.66. The number of piperazine rings is 1. The number of benzene rings is 2. The molecule has 2 aromatic carbocycles. The minimum atomic E-state index is -0.424. The van der Waals surface area contributed by atoms with Crippen molar-refractivity contribution in [2.75, 3.05) is 67.8 Å². The molecule has 1 unspecified atom stereocenters. The van der Waals surface area contributed by atoms with Crippen LogP contribution in [-0.2, 0) is 11.2 Å². The quantitative estimate of drug-likeness (QED) is 0.590. The molecule has 35 heavy (non-hydrogen) atoms. The van der Waals surface area contributed by atoms with E-state index in [0.717, 1.165) is 55.0 Å². The number of ether oxygens (including phenoxy) is 5. The number of hydrogen-bond acceptors (Lipinski definition) is 8. The largest absolute Gasteiger partial charge is 0.497 e. The maximum atomic E-state index is 12.8. The molecule has 0 saturated carbocycles. The lowest BCUT2D eigenvalue weighted by Crippen LogP contribution is -2.45. The zero-order chi connectivity index (χ0) is 24.8. The molecule has 1 atom stereocenters. The molecular formula is C26H35N3O6. The lowest BCUT2D eigenvalue weighted by molar-refractivity contribution is 0.119. The number of fused-ring (bicyclic) bond motifs is 3. The summed E-state index contributed by atoms with van der Waals surface area (Å²) in [6.07, 6.45) is 0.958. The van der Waals surface area contributed by atoms with Gasteiger partial charge in [0.25, 0.3) is 0 Å². The number of carbonyl (C=O) groups excluding carboxylic acids is 1. The number of nitrogens with one attached hydrogen (secondary N) is 2. The van der Waals surface area contributed by atoms with Crippen LogP contribution in [0.2, 0.25) is 0 Å². The monoisotopic (exact) mass is 485 g/mol. The normalized spacial score (nSPS) is 17.4. The van der Waals surface area contributed by atoms with E-state index in [4.69, 9.17) is 23.7 Å². The topological polar surface area (TPSA) is 90.5 Å². The number of carbonyl (C=O) groups is 1. The molecule has 2 aliphatic rings. The van der Waals surface area contributed by atoms with Crippen molar-refractivity contribution in [2.45, 2.75) is 18.9 Å². The van der Waals surface area contributed by atoms with E-state index in [2.05, 4.69) is 15.5 Å². The van der Waals surface area contributed by atoms with Crippen LogP contribution in [-0.4, -0.2) is 78.8 Å². The van der Waals surface area contributed by atoms with Crippen molar-refractivity contribution in [3.8, 4) is 34.1 Å². The molecule has 1 saturated heterocycles. The minimum Gasteiger partial charge on any atom is -0.497 e. The second-order valence-electron chi connectivity index (χ2n) is 8.60. The highest BCUT2D eigenvalue weighted by molar-refractivity contribution is 5.83. The summed E-state index contributed by atoms with van der Waals surface area (Å²) in [7, 11) is 6.46. The van der Waals surface area contributed by atoms with E-state index in [-0.39, 0.29) is 6.04 Å². The average Bonchev–Trinajstić information content (AvgIpc) is 3.04. The molecule has 2 N–H and O–H groups in total. The second-order valence-corrected chi connectivity index (χ2v) is 8.60. The molecule has 9 nitrogen and oxygen atoms in total. The molecule has 0 spiro atoms. The molecule has 1 aliphatic heterocycles. The van der Waals surface area contributed by atoms with E-state index in [0.29, 0.717) is 42.4 Å². The summed E-state index contributed by atoms with van der Waals surface area (Å²) < 4.78 is 28.1. The third-order valence-electron chi connectivity index (χ3n) is 6.66. The Balaban J connectivity index is 1.61. The van der Waals surface area contributed by atoms with Crippen molar-refractivity contribution in [1.29, 1.82) is 0 Å². The third kappa shape index (κ3) is 5.41. The number of aryl methyl sites for hydroxylation is 1. The maximum Gasteiger partial charge on any atom is 0.407 e. The molecule has 1 amide bonds. The van der Waals surface area contributed by atoms with Crippen molar-refractivity contribution in [2.24, 2.45) is 0 Å². The lowest BCUT2D eigenvalue weighted by atomic mass is 9.93. The standard InChI is InChI=1S/C26H35N3O6/c1-31-18-6-7-19-20(16-18)21(28-26(30)35-14-13-29-11-9-27-10-12-29)8-5-17-15-22(32-2)24(33-3)25(34-4)23(17)19/h6-7,15-16,21,27H,5,8-14H2,1-4H3,(H,28,30). The van der Waals surface area contributed by atoms with E-state index in [1.165, 1.54) is 0 Å². The van der Waals surface area contributed by atoms with E-state index in [9.17, 15) is 4.79 Å². The van der Waals surface area contributed by atoms with Gasteiger partial charge in [-0.1, -0.05) is 6.07 Å². The molecular weight excluding hydrogens is 450 g/mol. The predicted octanol–water partition coefficient (Wildman–Crippen LogP) is 3.01. The van der Waals surface area contributed by atoms with Gasteiger partial charge in [0.2, 0.25) is 5.75 Å². The number of methoxy groups -OCH3 is 4. The number of nitrogens with zero attached hydrogens (tertiary/aromatic N) is 1. The fraction of sp³-hybridized carbons (Fsp3) is 0.500. The average molecular weight is 486 g/mol. The Morgan fingerprint density at radius 3 is 2.49 bits per heavy atom. The lowest BCUT2D eigenvalue weighted by Gasteiger charge is -2.27. The Morgan fingerprint density at radius 2 is 1.80 bits per heavy atom. The highest BCUT2D eigenvalue weighted by Gasteiger charge is 2.30. The SMILES string of the molecule is COc1ccc2c(c1)C(NC(=O)OCCN1CCNCC1)CCc1cc(OC)c(OC)c(OC)c1-2. The molecule has 0 bridgehead atoms. The molecule has 0 radical (unpaired) electrons. The first-order valence-corrected chi connectivity index (χ1v) is 12.0. The Morgan fingerprint density at radius 1 is 1.03 bits per heavy atom. The summed E-state index contributed by atoms with van der Waals surface area (Å²) in [4.78, 5) is 15.1. The van der Waals surface area contributed by atoms with Crippen molar-refractivity contribution >= 4 is 6.09 Å². The van der Waals surface area contributed by atoms with Crippen molar-refractivity contribution in [3.05, 3.63) is 35.4 Å². The smallest absolute Gasteiger partial charge is 0.407 e. The molecule has 1 fully saturated rings. The van der Waals surface area contributed by atoms with Crippen LogP contribution in [0.5, 0.6) is 23.0 Å². The molecule has 2 aromatic rings. The van der Waals surface area contributed by atoms with Gasteiger partial charge in [0.15, 0.2) is 11.5 Å². The van der Waals surface area contributed by atoms with Gasteiger partial charge >= 0.3 is 6.09 Å². The Bertz CT molecular complexity index is 1040. The van der Waals surface area contributed by atoms with Crippen LogP contribution in [0.4, 0.5) is 4.79 Å². The number of hydrogen-bond donors (Lipinski definition) is 2. The van der Waals surface area contributed by atoms with Gasteiger partial charge in [-0.15, -0.1) is 0 Å². The summed E-state index contributed by atoms with van der Waals surface area (Å²) in [6.45, 7) is 4.94. The molecule has 190 valence electrons. The highest BCUT2D eigenvalue weighted by atomic mass is 16.5. The highest BCUT2D eigenvalue weighted by Crippen LogP contribution is 2.50. The fourth-order valence-corrected chi connectivity index (χ4v) is 4.87. The molecule has 9 heteroatoms. The van der Waals surface area contributed by atoms with Crippen LogP contribution in [0.1, 0.15) is 23.6 Å². The molecule has 1 aliphatic carbocycles. The van der Waals surface area contributed by atoms with Crippen LogP contribution in [0.3, 0.4) is 0 Å². The first-order valence-electron chi connectivity index (χ1n) is 12.0. The minimum absolute atomic E-state index is 0.263. The van der Waals surface area contributed by atoms with Crippen LogP contribution >= 0.6 is 0 Å². The van der Waals surface area contributed by atoms with E-state index < -0.39 is 6.09 Å². The number of amides is 1. The number of rotatable bonds is 8. The van der Waals surface area contributed by atoms with Crippen LogP contribution in [0, 0.1) is 0 Å². The van der Waals surface area contributed by atoms with Gasteiger partial charge in [0.1, 0.15) is 12.4 Å². The Hall–Kier alpha value is -3.17. The predicted molar refractivity (Wildman–Crippen MR) is 133 cm³/mol. The number of alkyl carbamates (subject to hydrolysis) is 1. The van der Waals surface area contributed by atoms with Crippen LogP contribution in [0.25, 0.3) is 11.1 Å². The van der Waals surface area contributed by atoms with Crippen LogP contribution in [0.15, 0.2) is 24.3 Å². The van der Waals surface area contributed by atoms with Crippen molar-refractivity contribution in [1.82, 2.24) is 15.5 Å². The summed E-state index contributed by atoms with van der Waals surface area (Å²) in [5.41, 5.74) is 3.87. The fourth-order valence-electron chi connectivity index (χ4n) is 4.87. The van der Waals surface area contributed by atoms with Gasteiger partial charge in [-0.3, -0.25) is 4.90 Å². The molecule has 4 rings (SSSR count). The van der Waals surface area contributed by atoms with Gasteiger partial charge in [-0.05, 0) is 47.7 Å². The first kappa shape index (κ1) is 24.9. The zero-order valence-corrected chi connectivity index (χ0v) is 20.9. The van der Waals surface area contributed by atoms with Crippen molar-refractivity contribution in [3.63, 3.8) is 0 Å². The zero-order valence-electron chi connectivity index (χ0n) is 20.9. The second kappa shape index (κ2) is 11.5. The van der Waals surface area contributed by atoms with Gasteiger partial charge in [-0.25, -0.2) is 4.79 Å².